The summed E-state index contributed by atoms with van der Waals surface area (Å²) in [6.45, 7) is 3.15. The molecule has 0 radical (unpaired) electrons. The molecule has 0 aromatic heterocycles. The fourth-order valence-electron chi connectivity index (χ4n) is 7.84. The molecule has 0 saturated heterocycles. The van der Waals surface area contributed by atoms with E-state index in [-0.39, 0.29) is 12.8 Å². The molecule has 14 heteroatoms. The monoisotopic (exact) mass is 995 g/mol. The number of carbonyl (C=O) groups is 2. The first kappa shape index (κ1) is 64.3. The Kier molecular flexibility index (Phi) is 41.0. The fraction of sp³-hybridized carbons (Fsp3) is 0.745. The number of aliphatic hydroxyl groups is 5. The van der Waals surface area contributed by atoms with Crippen molar-refractivity contribution in [1.82, 2.24) is 0 Å². The van der Waals surface area contributed by atoms with Crippen LogP contribution < -0.4 is 0 Å². The summed E-state index contributed by atoms with van der Waals surface area (Å²) in [5.41, 5.74) is 0. The third kappa shape index (κ3) is 36.0. The minimum atomic E-state index is -5.14. The van der Waals surface area contributed by atoms with E-state index >= 15 is 0 Å². The number of carbonyl (C=O) groups excluding carboxylic acids is 2. The van der Waals surface area contributed by atoms with Gasteiger partial charge in [0.1, 0.15) is 43.2 Å². The number of hydrogen-bond donors (Lipinski definition) is 6. The summed E-state index contributed by atoms with van der Waals surface area (Å²) < 4.78 is 33.6. The third-order valence-electron chi connectivity index (χ3n) is 12.1. The Morgan fingerprint density at radius 3 is 1.23 bits per heavy atom. The number of rotatable bonds is 44. The van der Waals surface area contributed by atoms with Gasteiger partial charge in [0, 0.05) is 12.8 Å². The minimum Gasteiger partial charge on any atom is -0.462 e. The van der Waals surface area contributed by atoms with Crippen LogP contribution in [0.3, 0.4) is 0 Å². The van der Waals surface area contributed by atoms with Crippen molar-refractivity contribution in [3.05, 3.63) is 72.9 Å². The maximum Gasteiger partial charge on any atom is 0.472 e. The molecule has 0 spiro atoms. The van der Waals surface area contributed by atoms with Gasteiger partial charge in [-0.1, -0.05) is 215 Å². The summed E-state index contributed by atoms with van der Waals surface area (Å²) in [5, 5.41) is 50.3. The average Bonchev–Trinajstić information content (AvgIpc) is 3.33. The molecule has 13 nitrogen and oxygen atoms in total. The highest BCUT2D eigenvalue weighted by atomic mass is 31.2. The predicted octanol–water partition coefficient (Wildman–Crippen LogP) is 11.8. The largest absolute Gasteiger partial charge is 0.472 e. The summed E-state index contributed by atoms with van der Waals surface area (Å²) in [6.07, 6.45) is 43.9. The minimum absolute atomic E-state index is 0.0404. The van der Waals surface area contributed by atoms with E-state index in [4.69, 9.17) is 18.5 Å². The molecule has 69 heavy (non-hydrogen) atoms. The van der Waals surface area contributed by atoms with Crippen molar-refractivity contribution in [3.8, 4) is 0 Å². The van der Waals surface area contributed by atoms with Crippen LogP contribution in [0.4, 0.5) is 0 Å². The number of esters is 2. The van der Waals surface area contributed by atoms with Gasteiger partial charge in [0.25, 0.3) is 0 Å². The first-order valence-electron chi connectivity index (χ1n) is 26.7. The van der Waals surface area contributed by atoms with Crippen molar-refractivity contribution in [3.63, 3.8) is 0 Å². The zero-order valence-electron chi connectivity index (χ0n) is 42.6. The van der Waals surface area contributed by atoms with E-state index in [2.05, 4.69) is 68.5 Å². The number of phosphoric ester groups is 1. The molecule has 1 rings (SSSR count). The smallest absolute Gasteiger partial charge is 0.462 e. The highest BCUT2D eigenvalue weighted by Crippen LogP contribution is 2.47. The van der Waals surface area contributed by atoms with Crippen molar-refractivity contribution in [2.45, 2.75) is 249 Å². The second-order valence-corrected chi connectivity index (χ2v) is 19.8. The molecule has 1 aliphatic rings. The van der Waals surface area contributed by atoms with Crippen LogP contribution >= 0.6 is 7.82 Å². The molecule has 1 aliphatic carbocycles. The topological polar surface area (TPSA) is 210 Å². The van der Waals surface area contributed by atoms with Gasteiger partial charge in [-0.25, -0.2) is 4.57 Å². The van der Waals surface area contributed by atoms with E-state index in [9.17, 15) is 44.6 Å². The molecule has 0 aliphatic heterocycles. The molecule has 6 unspecified atom stereocenters. The van der Waals surface area contributed by atoms with Gasteiger partial charge in [-0.05, 0) is 51.4 Å². The normalized spacial score (nSPS) is 21.4. The van der Waals surface area contributed by atoms with E-state index in [1.807, 2.05) is 18.2 Å². The first-order valence-corrected chi connectivity index (χ1v) is 28.2. The average molecular weight is 995 g/mol. The summed E-state index contributed by atoms with van der Waals surface area (Å²) in [4.78, 5) is 35.8. The maximum atomic E-state index is 12.9. The van der Waals surface area contributed by atoms with Crippen LogP contribution in [0.2, 0.25) is 0 Å². The molecule has 0 bridgehead atoms. The number of phosphoric acid groups is 1. The molecule has 8 atom stereocenters. The molecule has 6 N–H and O–H groups in total. The zero-order valence-corrected chi connectivity index (χ0v) is 43.5. The van der Waals surface area contributed by atoms with Gasteiger partial charge in [0.2, 0.25) is 0 Å². The van der Waals surface area contributed by atoms with Crippen LogP contribution in [0, 0.1) is 0 Å². The van der Waals surface area contributed by atoms with Gasteiger partial charge >= 0.3 is 19.8 Å². The maximum absolute atomic E-state index is 12.9. The molecule has 0 aromatic carbocycles. The summed E-state index contributed by atoms with van der Waals surface area (Å²) >= 11 is 0. The van der Waals surface area contributed by atoms with Crippen molar-refractivity contribution in [2.24, 2.45) is 0 Å². The van der Waals surface area contributed by atoms with Crippen LogP contribution in [0.15, 0.2) is 72.9 Å². The van der Waals surface area contributed by atoms with Crippen LogP contribution in [0.5, 0.6) is 0 Å². The Labute approximate surface area is 416 Å². The quantitative estimate of drug-likeness (QED) is 0.0145. The van der Waals surface area contributed by atoms with Gasteiger partial charge in [-0.15, -0.1) is 0 Å². The van der Waals surface area contributed by atoms with Crippen LogP contribution in [0.25, 0.3) is 0 Å². The Morgan fingerprint density at radius 1 is 0.464 bits per heavy atom. The lowest BCUT2D eigenvalue weighted by Gasteiger charge is -2.41. The summed E-state index contributed by atoms with van der Waals surface area (Å²) in [7, 11) is -5.14. The lowest BCUT2D eigenvalue weighted by atomic mass is 9.85. The number of hydrogen-bond acceptors (Lipinski definition) is 12. The fourth-order valence-corrected chi connectivity index (χ4v) is 8.82. The number of allylic oxidation sites excluding steroid dienone is 12. The van der Waals surface area contributed by atoms with Gasteiger partial charge in [0.05, 0.1) is 6.61 Å². The van der Waals surface area contributed by atoms with Crippen molar-refractivity contribution in [1.29, 1.82) is 0 Å². The number of ether oxygens (including phenoxy) is 2. The van der Waals surface area contributed by atoms with Crippen molar-refractivity contribution in [2.75, 3.05) is 13.2 Å². The van der Waals surface area contributed by atoms with Gasteiger partial charge < -0.3 is 39.9 Å². The summed E-state index contributed by atoms with van der Waals surface area (Å²) in [5.74, 6) is -1.19. The van der Waals surface area contributed by atoms with E-state index in [1.54, 1.807) is 0 Å². The zero-order chi connectivity index (χ0) is 50.6. The van der Waals surface area contributed by atoms with Crippen molar-refractivity contribution < 1.29 is 63.1 Å². The second kappa shape index (κ2) is 44.0. The molecule has 0 heterocycles. The molecule has 0 aromatic rings. The highest BCUT2D eigenvalue weighted by Gasteiger charge is 2.51. The predicted molar refractivity (Wildman–Crippen MR) is 276 cm³/mol. The van der Waals surface area contributed by atoms with Gasteiger partial charge in [-0.3, -0.25) is 18.6 Å². The third-order valence-corrected chi connectivity index (χ3v) is 13.1. The van der Waals surface area contributed by atoms with E-state index < -0.39 is 75.7 Å². The number of aliphatic hydroxyl groups excluding tert-OH is 5. The summed E-state index contributed by atoms with van der Waals surface area (Å²) in [6, 6.07) is 0. The Bertz CT molecular complexity index is 1480. The molecule has 1 saturated carbocycles. The SMILES string of the molecule is CC/C=C/C/C=C/C/C=C/C/C=C/C/C=C/C/C=C/CCC(=O)OC[C@H](COP(=O)(O)OC1C(O)C(O)C(O)[C@@H](O)C1O)OC(=O)CCCCCCCCCCCCCCCCCCCCCCC. The van der Waals surface area contributed by atoms with Crippen LogP contribution in [-0.4, -0.2) is 98.3 Å². The highest BCUT2D eigenvalue weighted by molar-refractivity contribution is 7.47. The van der Waals surface area contributed by atoms with E-state index in [0.717, 1.165) is 57.8 Å². The lowest BCUT2D eigenvalue weighted by molar-refractivity contribution is -0.220. The second-order valence-electron chi connectivity index (χ2n) is 18.4. The molecule has 398 valence electrons. The molecule has 0 amide bonds. The van der Waals surface area contributed by atoms with E-state index in [1.165, 1.54) is 103 Å². The molecule has 1 fully saturated rings. The van der Waals surface area contributed by atoms with Gasteiger partial charge in [0.15, 0.2) is 6.10 Å². The van der Waals surface area contributed by atoms with E-state index in [0.29, 0.717) is 19.3 Å². The van der Waals surface area contributed by atoms with Crippen LogP contribution in [0.1, 0.15) is 206 Å². The lowest BCUT2D eigenvalue weighted by Crippen LogP contribution is -2.64. The number of unbranched alkanes of at least 4 members (excludes halogenated alkanes) is 20. The molecular formula is C55H95O13P. The first-order chi connectivity index (χ1) is 33.4. The van der Waals surface area contributed by atoms with Gasteiger partial charge in [-0.2, -0.15) is 0 Å². The van der Waals surface area contributed by atoms with Crippen LogP contribution in [-0.2, 0) is 32.7 Å². The Morgan fingerprint density at radius 2 is 0.826 bits per heavy atom. The standard InChI is InChI=1S/C55H95O13P/c1-3-5-7-9-11-13-15-17-19-21-23-24-26-28-30-32-34-36-38-40-42-44-49(57)67-47(46-66-69(63,64)68-55-53(61)51(59)50(58)52(60)54(55)62)45-65-48(56)43-41-39-37-35-33-31-29-27-25-22-20-18-16-14-12-10-8-6-4-2/h6,8,12,14,18,20,25,27,31,33,37,39,47,50-55,58-62H,3-5,7,9-11,13,15-17,19,21-24,26,28-30,32,34-36,38,40-46H2,1-2H3,(H,63,64)/b8-6+,14-12+,20-18+,27-25+,33-31+,39-37+/t47-,50?,51-,52?,53?,54?,55?/m1/s1. The van der Waals surface area contributed by atoms with Crippen molar-refractivity contribution >= 4 is 19.8 Å². The molecular weight excluding hydrogens is 900 g/mol. The Hall–Kier alpha value is -2.71. The Balaban J connectivity index is 2.42.